The van der Waals surface area contributed by atoms with Crippen LogP contribution in [0.4, 0.5) is 4.39 Å². The van der Waals surface area contributed by atoms with E-state index in [9.17, 15) is 4.39 Å². The van der Waals surface area contributed by atoms with Crippen LogP contribution in [0, 0.1) is 5.82 Å². The second kappa shape index (κ2) is 8.98. The van der Waals surface area contributed by atoms with Gasteiger partial charge in [0.05, 0.1) is 11.0 Å². The summed E-state index contributed by atoms with van der Waals surface area (Å²) in [6, 6.07) is 5.06. The number of nitrogens with zero attached hydrogens (tertiary/aromatic N) is 2. The summed E-state index contributed by atoms with van der Waals surface area (Å²) in [7, 11) is 1.74. The summed E-state index contributed by atoms with van der Waals surface area (Å²) < 4.78 is 13.7. The third-order valence-corrected chi connectivity index (χ3v) is 5.02. The summed E-state index contributed by atoms with van der Waals surface area (Å²) in [5.41, 5.74) is 1.06. The molecule has 0 atom stereocenters. The lowest BCUT2D eigenvalue weighted by atomic mass is 10.1. The molecule has 1 aromatic carbocycles. The Bertz CT molecular complexity index is 672. The van der Waals surface area contributed by atoms with Crippen LogP contribution in [-0.4, -0.2) is 24.5 Å². The predicted molar refractivity (Wildman–Crippen MR) is 97.5 cm³/mol. The third-order valence-electron chi connectivity index (χ3n) is 3.27. The van der Waals surface area contributed by atoms with E-state index in [1.807, 2.05) is 6.20 Å². The lowest BCUT2D eigenvalue weighted by Crippen LogP contribution is -2.37. The minimum atomic E-state index is -0.242. The SMILES string of the molecule is CCc1cnc(CNC(=NC)NCCc2ccc(F)c(Br)c2)s1. The largest absolute Gasteiger partial charge is 0.356 e. The summed E-state index contributed by atoms with van der Waals surface area (Å²) in [6.07, 6.45) is 3.72. The van der Waals surface area contributed by atoms with Crippen molar-refractivity contribution in [2.45, 2.75) is 26.3 Å². The van der Waals surface area contributed by atoms with Gasteiger partial charge in [-0.25, -0.2) is 9.37 Å². The Morgan fingerprint density at radius 3 is 2.87 bits per heavy atom. The van der Waals surface area contributed by atoms with Gasteiger partial charge in [-0.3, -0.25) is 4.99 Å². The fourth-order valence-electron chi connectivity index (χ4n) is 1.99. The smallest absolute Gasteiger partial charge is 0.191 e. The number of halogens is 2. The molecule has 0 spiro atoms. The number of hydrogen-bond donors (Lipinski definition) is 2. The molecule has 4 nitrogen and oxygen atoms in total. The van der Waals surface area contributed by atoms with E-state index in [0.717, 1.165) is 35.9 Å². The van der Waals surface area contributed by atoms with Gasteiger partial charge >= 0.3 is 0 Å². The molecule has 2 N–H and O–H groups in total. The Balaban J connectivity index is 1.77. The molecule has 0 saturated heterocycles. The topological polar surface area (TPSA) is 49.3 Å². The van der Waals surface area contributed by atoms with E-state index < -0.39 is 0 Å². The molecule has 0 amide bonds. The maximum absolute atomic E-state index is 13.2. The van der Waals surface area contributed by atoms with Gasteiger partial charge in [-0.1, -0.05) is 13.0 Å². The third kappa shape index (κ3) is 5.58. The van der Waals surface area contributed by atoms with Crippen LogP contribution in [0.1, 0.15) is 22.4 Å². The van der Waals surface area contributed by atoms with E-state index in [1.54, 1.807) is 30.5 Å². The molecule has 124 valence electrons. The highest BCUT2D eigenvalue weighted by Gasteiger charge is 2.04. The lowest BCUT2D eigenvalue weighted by Gasteiger charge is -2.11. The highest BCUT2D eigenvalue weighted by molar-refractivity contribution is 9.10. The highest BCUT2D eigenvalue weighted by atomic mass is 79.9. The van der Waals surface area contributed by atoms with Crippen LogP contribution in [0.2, 0.25) is 0 Å². The molecule has 0 fully saturated rings. The number of benzene rings is 1. The fraction of sp³-hybridized carbons (Fsp3) is 0.375. The van der Waals surface area contributed by atoms with E-state index in [2.05, 4.69) is 43.5 Å². The molecule has 2 aromatic rings. The second-order valence-corrected chi connectivity index (χ2v) is 6.98. The van der Waals surface area contributed by atoms with Crippen LogP contribution in [0.5, 0.6) is 0 Å². The predicted octanol–water partition coefficient (Wildman–Crippen LogP) is 3.51. The normalized spacial score (nSPS) is 11.6. The van der Waals surface area contributed by atoms with Gasteiger partial charge in [0, 0.05) is 24.7 Å². The second-order valence-electron chi connectivity index (χ2n) is 4.92. The van der Waals surface area contributed by atoms with Gasteiger partial charge in [0.2, 0.25) is 0 Å². The quantitative estimate of drug-likeness (QED) is 0.577. The molecule has 0 unspecified atom stereocenters. The van der Waals surface area contributed by atoms with Crippen LogP contribution in [-0.2, 0) is 19.4 Å². The minimum absolute atomic E-state index is 0.242. The number of guanidine groups is 1. The number of hydrogen-bond acceptors (Lipinski definition) is 3. The Hall–Kier alpha value is -1.47. The van der Waals surface area contributed by atoms with Crippen molar-refractivity contribution in [3.05, 3.63) is 50.1 Å². The average Bonchev–Trinajstić information content (AvgIpc) is 3.02. The van der Waals surface area contributed by atoms with Gasteiger partial charge in [0.25, 0.3) is 0 Å². The van der Waals surface area contributed by atoms with Crippen molar-refractivity contribution < 1.29 is 4.39 Å². The Morgan fingerprint density at radius 1 is 1.39 bits per heavy atom. The molecular formula is C16H20BrFN4S. The van der Waals surface area contributed by atoms with Crippen molar-refractivity contribution in [1.29, 1.82) is 0 Å². The van der Waals surface area contributed by atoms with Gasteiger partial charge in [0.15, 0.2) is 5.96 Å². The van der Waals surface area contributed by atoms with Gasteiger partial charge in [-0.2, -0.15) is 0 Å². The number of rotatable bonds is 6. The molecule has 7 heteroatoms. The molecule has 23 heavy (non-hydrogen) atoms. The van der Waals surface area contributed by atoms with E-state index in [1.165, 1.54) is 10.9 Å². The van der Waals surface area contributed by atoms with Crippen LogP contribution < -0.4 is 10.6 Å². The first-order valence-electron chi connectivity index (χ1n) is 7.44. The first-order chi connectivity index (χ1) is 11.1. The van der Waals surface area contributed by atoms with Crippen LogP contribution in [0.25, 0.3) is 0 Å². The van der Waals surface area contributed by atoms with Crippen molar-refractivity contribution in [3.8, 4) is 0 Å². The van der Waals surface area contributed by atoms with Crippen molar-refractivity contribution in [3.63, 3.8) is 0 Å². The molecule has 0 aliphatic carbocycles. The molecule has 0 saturated carbocycles. The summed E-state index contributed by atoms with van der Waals surface area (Å²) >= 11 is 4.91. The summed E-state index contributed by atoms with van der Waals surface area (Å²) in [5, 5.41) is 7.55. The Morgan fingerprint density at radius 2 is 2.22 bits per heavy atom. The molecular weight excluding hydrogens is 379 g/mol. The Kier molecular flexibility index (Phi) is 6.98. The zero-order valence-corrected chi connectivity index (χ0v) is 15.6. The monoisotopic (exact) mass is 398 g/mol. The molecule has 2 rings (SSSR count). The van der Waals surface area contributed by atoms with Crippen LogP contribution >= 0.6 is 27.3 Å². The first-order valence-corrected chi connectivity index (χ1v) is 9.05. The van der Waals surface area contributed by atoms with E-state index in [4.69, 9.17) is 0 Å². The van der Waals surface area contributed by atoms with Gasteiger partial charge in [0.1, 0.15) is 10.8 Å². The van der Waals surface area contributed by atoms with Crippen LogP contribution in [0.15, 0.2) is 33.9 Å². The summed E-state index contributed by atoms with van der Waals surface area (Å²) in [6.45, 7) is 3.50. The average molecular weight is 399 g/mol. The zero-order valence-electron chi connectivity index (χ0n) is 13.2. The lowest BCUT2D eigenvalue weighted by molar-refractivity contribution is 0.620. The number of aryl methyl sites for hydroxylation is 1. The standard InChI is InChI=1S/C16H20BrFN4S/c1-3-12-9-21-15(23-12)10-22-16(19-2)20-7-6-11-4-5-14(18)13(17)8-11/h4-5,8-9H,3,6-7,10H2,1-2H3,(H2,19,20,22). The number of nitrogens with one attached hydrogen (secondary N) is 2. The van der Waals surface area contributed by atoms with E-state index in [0.29, 0.717) is 11.0 Å². The number of thiazole rings is 1. The Labute approximate surface area is 148 Å². The van der Waals surface area contributed by atoms with Crippen molar-refractivity contribution >= 4 is 33.2 Å². The summed E-state index contributed by atoms with van der Waals surface area (Å²) in [4.78, 5) is 9.85. The summed E-state index contributed by atoms with van der Waals surface area (Å²) in [5.74, 6) is 0.494. The van der Waals surface area contributed by atoms with Crippen molar-refractivity contribution in [1.82, 2.24) is 15.6 Å². The zero-order chi connectivity index (χ0) is 16.7. The number of aromatic nitrogens is 1. The molecule has 1 heterocycles. The molecule has 0 aliphatic heterocycles. The molecule has 0 radical (unpaired) electrons. The van der Waals surface area contributed by atoms with Gasteiger partial charge in [-0.15, -0.1) is 11.3 Å². The van der Waals surface area contributed by atoms with E-state index >= 15 is 0 Å². The molecule has 0 aliphatic rings. The first kappa shape index (κ1) is 17.9. The van der Waals surface area contributed by atoms with Crippen LogP contribution in [0.3, 0.4) is 0 Å². The number of aliphatic imine (C=N–C) groups is 1. The van der Waals surface area contributed by atoms with Gasteiger partial charge in [-0.05, 0) is 46.5 Å². The van der Waals surface area contributed by atoms with Crippen molar-refractivity contribution in [2.75, 3.05) is 13.6 Å². The maximum atomic E-state index is 13.2. The molecule has 1 aromatic heterocycles. The van der Waals surface area contributed by atoms with Gasteiger partial charge < -0.3 is 10.6 Å². The maximum Gasteiger partial charge on any atom is 0.191 e. The molecule has 0 bridgehead atoms. The fourth-order valence-corrected chi connectivity index (χ4v) is 3.22. The highest BCUT2D eigenvalue weighted by Crippen LogP contribution is 2.17. The van der Waals surface area contributed by atoms with Crippen molar-refractivity contribution in [2.24, 2.45) is 4.99 Å². The minimum Gasteiger partial charge on any atom is -0.356 e. The van der Waals surface area contributed by atoms with E-state index in [-0.39, 0.29) is 5.82 Å².